The van der Waals surface area contributed by atoms with Gasteiger partial charge in [0.2, 0.25) is 11.5 Å². The molecule has 31 heavy (non-hydrogen) atoms. The van der Waals surface area contributed by atoms with Gasteiger partial charge in [-0.25, -0.2) is 9.13 Å². The largest absolute Gasteiger partial charge is 0.525 e. The van der Waals surface area contributed by atoms with Crippen molar-refractivity contribution in [2.45, 2.75) is 0 Å². The Morgan fingerprint density at radius 1 is 0.742 bits per heavy atom. The van der Waals surface area contributed by atoms with Crippen molar-refractivity contribution in [1.29, 1.82) is 0 Å². The van der Waals surface area contributed by atoms with Crippen molar-refractivity contribution < 1.29 is 57.1 Å². The van der Waals surface area contributed by atoms with Crippen LogP contribution in [-0.4, -0.2) is 46.0 Å². The molecule has 0 unspecified atom stereocenters. The maximum absolute atomic E-state index is 11.3. The maximum Gasteiger partial charge on any atom is 0.525 e. The predicted octanol–water partition coefficient (Wildman–Crippen LogP) is 2.53. The normalized spacial score (nSPS) is 12.0. The molecule has 2 rings (SSSR count). The molecule has 0 amide bonds. The van der Waals surface area contributed by atoms with Crippen LogP contribution in [0.4, 0.5) is 0 Å². The average molecular weight is 478 g/mol. The fourth-order valence-corrected chi connectivity index (χ4v) is 3.30. The third kappa shape index (κ3) is 6.63. The van der Waals surface area contributed by atoms with Crippen molar-refractivity contribution >= 4 is 27.8 Å². The molecule has 14 heteroatoms. The number of methoxy groups -OCH3 is 3. The Hall–Kier alpha value is -2.72. The minimum Gasteiger partial charge on any atom is -0.504 e. The zero-order valence-corrected chi connectivity index (χ0v) is 18.2. The van der Waals surface area contributed by atoms with Crippen LogP contribution in [0.5, 0.6) is 34.5 Å². The number of phosphoric ester groups is 2. The van der Waals surface area contributed by atoms with E-state index in [9.17, 15) is 14.2 Å². The Kier molecular flexibility index (Phi) is 7.61. The molecule has 0 spiro atoms. The Bertz CT molecular complexity index is 1070. The molecule has 0 radical (unpaired) electrons. The standard InChI is InChI=1S/C17H20O12P2/c1-25-12-7-6-11(15(18)17(12)29-31(22,23)24)5-4-10-8-13(26-2)16(27-3)14(9-10)28-30(19,20)21/h4-9,18H,1-3H3,(H2,19,20,21)(H2,22,23,24)/b5-4-. The lowest BCUT2D eigenvalue weighted by atomic mass is 10.1. The molecule has 0 bridgehead atoms. The minimum atomic E-state index is -4.98. The first kappa shape index (κ1) is 24.5. The number of phenols is 1. The van der Waals surface area contributed by atoms with E-state index < -0.39 is 27.1 Å². The fraction of sp³-hybridized carbons (Fsp3) is 0.176. The van der Waals surface area contributed by atoms with E-state index in [1.807, 2.05) is 0 Å². The first-order valence-electron chi connectivity index (χ1n) is 8.23. The van der Waals surface area contributed by atoms with Crippen molar-refractivity contribution in [3.05, 3.63) is 35.4 Å². The molecule has 5 N–H and O–H groups in total. The van der Waals surface area contributed by atoms with Crippen LogP contribution in [0.1, 0.15) is 11.1 Å². The zero-order chi connectivity index (χ0) is 23.4. The summed E-state index contributed by atoms with van der Waals surface area (Å²) in [6, 6.07) is 5.44. The minimum absolute atomic E-state index is 0.0485. The number of ether oxygens (including phenoxy) is 3. The molecule has 0 heterocycles. The zero-order valence-electron chi connectivity index (χ0n) is 16.5. The van der Waals surface area contributed by atoms with Crippen LogP contribution in [0, 0.1) is 0 Å². The molecule has 0 fully saturated rings. The fourth-order valence-electron chi connectivity index (χ4n) is 2.50. The van der Waals surface area contributed by atoms with Gasteiger partial charge in [-0.1, -0.05) is 12.2 Å². The molecule has 0 aliphatic rings. The number of hydrogen-bond acceptors (Lipinski definition) is 8. The second-order valence-corrected chi connectivity index (χ2v) is 8.11. The maximum atomic E-state index is 11.3. The van der Waals surface area contributed by atoms with E-state index in [1.165, 1.54) is 57.7 Å². The van der Waals surface area contributed by atoms with Crippen LogP contribution in [0.15, 0.2) is 24.3 Å². The Labute approximate surface area is 176 Å². The summed E-state index contributed by atoms with van der Waals surface area (Å²) in [5.74, 6) is -1.51. The number of phosphoric acid groups is 2. The van der Waals surface area contributed by atoms with Gasteiger partial charge < -0.3 is 28.4 Å². The summed E-state index contributed by atoms with van der Waals surface area (Å²) in [6.07, 6.45) is 2.76. The van der Waals surface area contributed by atoms with Crippen LogP contribution < -0.4 is 23.3 Å². The van der Waals surface area contributed by atoms with Gasteiger partial charge in [0.05, 0.1) is 21.3 Å². The molecule has 2 aromatic carbocycles. The van der Waals surface area contributed by atoms with Gasteiger partial charge in [0.1, 0.15) is 0 Å². The van der Waals surface area contributed by atoms with Crippen molar-refractivity contribution in [1.82, 2.24) is 0 Å². The first-order chi connectivity index (χ1) is 14.4. The highest BCUT2D eigenvalue weighted by atomic mass is 31.2. The topological polar surface area (TPSA) is 181 Å². The molecule has 170 valence electrons. The number of benzene rings is 2. The summed E-state index contributed by atoms with van der Waals surface area (Å²) in [5, 5.41) is 10.4. The summed E-state index contributed by atoms with van der Waals surface area (Å²) in [6.45, 7) is 0. The lowest BCUT2D eigenvalue weighted by Crippen LogP contribution is -1.97. The van der Waals surface area contributed by atoms with E-state index in [0.717, 1.165) is 0 Å². The second-order valence-electron chi connectivity index (χ2n) is 5.79. The van der Waals surface area contributed by atoms with E-state index in [1.54, 1.807) is 0 Å². The van der Waals surface area contributed by atoms with E-state index >= 15 is 0 Å². The summed E-state index contributed by atoms with van der Waals surface area (Å²) < 4.78 is 46.7. The summed E-state index contributed by atoms with van der Waals surface area (Å²) in [4.78, 5) is 36.3. The quantitative estimate of drug-likeness (QED) is 0.263. The number of rotatable bonds is 9. The summed E-state index contributed by atoms with van der Waals surface area (Å²) in [5.41, 5.74) is 0.422. The molecule has 0 saturated heterocycles. The van der Waals surface area contributed by atoms with Crippen LogP contribution in [0.2, 0.25) is 0 Å². The van der Waals surface area contributed by atoms with Gasteiger partial charge in [-0.15, -0.1) is 0 Å². The number of hydrogen-bond donors (Lipinski definition) is 5. The van der Waals surface area contributed by atoms with Crippen LogP contribution >= 0.6 is 15.6 Å². The third-order valence-corrected chi connectivity index (χ3v) is 4.55. The molecule has 0 aliphatic carbocycles. The Balaban J connectivity index is 2.52. The molecular formula is C17H20O12P2. The van der Waals surface area contributed by atoms with Gasteiger partial charge in [-0.3, -0.25) is 19.6 Å². The SMILES string of the molecule is COc1cc(/C=C\c2ccc(OC)c(OP(=O)(O)O)c2O)cc(OP(=O)(O)O)c1OC. The van der Waals surface area contributed by atoms with Gasteiger partial charge in [-0.2, -0.15) is 0 Å². The molecule has 0 aliphatic heterocycles. The van der Waals surface area contributed by atoms with Gasteiger partial charge in [0.15, 0.2) is 23.0 Å². The van der Waals surface area contributed by atoms with Gasteiger partial charge in [0.25, 0.3) is 0 Å². The smallest absolute Gasteiger partial charge is 0.504 e. The number of phenolic OH excluding ortho intramolecular Hbond substituents is 1. The van der Waals surface area contributed by atoms with Crippen LogP contribution in [0.25, 0.3) is 12.2 Å². The molecule has 0 saturated carbocycles. The van der Waals surface area contributed by atoms with Crippen molar-refractivity contribution in [2.24, 2.45) is 0 Å². The summed E-state index contributed by atoms with van der Waals surface area (Å²) >= 11 is 0. The Morgan fingerprint density at radius 3 is 1.84 bits per heavy atom. The highest BCUT2D eigenvalue weighted by Gasteiger charge is 2.24. The molecule has 0 atom stereocenters. The Morgan fingerprint density at radius 2 is 1.32 bits per heavy atom. The van der Waals surface area contributed by atoms with Gasteiger partial charge >= 0.3 is 15.6 Å². The van der Waals surface area contributed by atoms with Gasteiger partial charge in [0, 0.05) is 5.56 Å². The van der Waals surface area contributed by atoms with Crippen molar-refractivity contribution in [2.75, 3.05) is 21.3 Å². The first-order valence-corrected chi connectivity index (χ1v) is 11.3. The van der Waals surface area contributed by atoms with E-state index in [4.69, 9.17) is 33.8 Å². The summed E-state index contributed by atoms with van der Waals surface area (Å²) in [7, 11) is -6.09. The highest BCUT2D eigenvalue weighted by Crippen LogP contribution is 2.49. The monoisotopic (exact) mass is 478 g/mol. The molecule has 2 aromatic rings. The van der Waals surface area contributed by atoms with Crippen LogP contribution in [0.3, 0.4) is 0 Å². The van der Waals surface area contributed by atoms with Crippen LogP contribution in [-0.2, 0) is 9.13 Å². The molecular weight excluding hydrogens is 458 g/mol. The predicted molar refractivity (Wildman–Crippen MR) is 108 cm³/mol. The molecule has 0 aromatic heterocycles. The van der Waals surface area contributed by atoms with Crippen molar-refractivity contribution in [3.8, 4) is 34.5 Å². The third-order valence-electron chi connectivity index (χ3n) is 3.70. The number of aromatic hydroxyl groups is 1. The second kappa shape index (κ2) is 9.61. The average Bonchev–Trinajstić information content (AvgIpc) is 2.66. The van der Waals surface area contributed by atoms with E-state index in [-0.39, 0.29) is 28.6 Å². The van der Waals surface area contributed by atoms with E-state index in [2.05, 4.69) is 9.05 Å². The lowest BCUT2D eigenvalue weighted by molar-refractivity contribution is 0.269. The molecule has 12 nitrogen and oxygen atoms in total. The van der Waals surface area contributed by atoms with E-state index in [0.29, 0.717) is 5.56 Å². The highest BCUT2D eigenvalue weighted by molar-refractivity contribution is 7.47. The lowest BCUT2D eigenvalue weighted by Gasteiger charge is -2.15. The van der Waals surface area contributed by atoms with Gasteiger partial charge in [-0.05, 0) is 29.8 Å². The van der Waals surface area contributed by atoms with Crippen molar-refractivity contribution in [3.63, 3.8) is 0 Å².